The van der Waals surface area contributed by atoms with Gasteiger partial charge in [-0.05, 0) is 67.6 Å². The minimum atomic E-state index is 0.0585. The number of hydrogen-bond donors (Lipinski definition) is 2. The Balaban J connectivity index is 1.16. The van der Waals surface area contributed by atoms with Gasteiger partial charge in [-0.25, -0.2) is 9.97 Å². The molecule has 0 radical (unpaired) electrons. The summed E-state index contributed by atoms with van der Waals surface area (Å²) < 4.78 is 0. The molecule has 0 bridgehead atoms. The lowest BCUT2D eigenvalue weighted by Gasteiger charge is -2.26. The van der Waals surface area contributed by atoms with Gasteiger partial charge in [0.2, 0.25) is 5.95 Å². The number of anilines is 2. The van der Waals surface area contributed by atoms with Crippen molar-refractivity contribution in [2.45, 2.75) is 46.8 Å². The molecule has 2 unspecified atom stereocenters. The third kappa shape index (κ3) is 4.09. The van der Waals surface area contributed by atoms with Crippen molar-refractivity contribution in [2.24, 2.45) is 5.92 Å². The molecule has 6 rings (SSSR count). The van der Waals surface area contributed by atoms with Crippen molar-refractivity contribution in [2.75, 3.05) is 18.4 Å². The summed E-state index contributed by atoms with van der Waals surface area (Å²) in [5.41, 5.74) is 8.73. The molecular formula is C27H30N8O. The van der Waals surface area contributed by atoms with E-state index in [4.69, 9.17) is 4.98 Å². The van der Waals surface area contributed by atoms with E-state index in [1.165, 1.54) is 11.1 Å². The van der Waals surface area contributed by atoms with Gasteiger partial charge in [-0.2, -0.15) is 15.4 Å². The number of rotatable bonds is 4. The van der Waals surface area contributed by atoms with Gasteiger partial charge in [-0.1, -0.05) is 13.0 Å². The predicted octanol–water partition coefficient (Wildman–Crippen LogP) is 3.89. The minimum absolute atomic E-state index is 0.0585. The van der Waals surface area contributed by atoms with Crippen molar-refractivity contribution in [1.82, 2.24) is 35.2 Å². The number of amides is 1. The van der Waals surface area contributed by atoms with E-state index in [1.54, 1.807) is 0 Å². The summed E-state index contributed by atoms with van der Waals surface area (Å²) in [6, 6.07) is 10.4. The first-order valence-electron chi connectivity index (χ1n) is 12.4. The second-order valence-electron chi connectivity index (χ2n) is 10.3. The van der Waals surface area contributed by atoms with Gasteiger partial charge in [0, 0.05) is 55.2 Å². The Hall–Kier alpha value is -3.85. The van der Waals surface area contributed by atoms with Crippen LogP contribution >= 0.6 is 0 Å². The van der Waals surface area contributed by atoms with Gasteiger partial charge in [0.1, 0.15) is 11.0 Å². The van der Waals surface area contributed by atoms with E-state index in [1.807, 2.05) is 30.2 Å². The molecule has 0 saturated carbocycles. The molecule has 1 amide bonds. The van der Waals surface area contributed by atoms with Gasteiger partial charge in [0.25, 0.3) is 5.91 Å². The largest absolute Gasteiger partial charge is 0.337 e. The normalized spacial score (nSPS) is 19.7. The van der Waals surface area contributed by atoms with E-state index in [2.05, 4.69) is 69.6 Å². The minimum Gasteiger partial charge on any atom is -0.337 e. The number of nitrogens with zero attached hydrogens (tertiary/aromatic N) is 6. The highest BCUT2D eigenvalue weighted by Gasteiger charge is 2.39. The molecular weight excluding hydrogens is 452 g/mol. The van der Waals surface area contributed by atoms with Crippen LogP contribution < -0.4 is 5.32 Å². The molecule has 4 heterocycles. The number of H-pyrrole nitrogens is 1. The molecule has 1 saturated heterocycles. The zero-order chi connectivity index (χ0) is 25.0. The monoisotopic (exact) mass is 482 g/mol. The maximum absolute atomic E-state index is 13.4. The highest BCUT2D eigenvalue weighted by molar-refractivity contribution is 5.99. The molecule has 2 N–H and O–H groups in total. The summed E-state index contributed by atoms with van der Waals surface area (Å²) in [4.78, 5) is 27.3. The van der Waals surface area contributed by atoms with E-state index in [9.17, 15) is 4.79 Å². The first kappa shape index (κ1) is 22.6. The maximum atomic E-state index is 13.4. The van der Waals surface area contributed by atoms with E-state index < -0.39 is 0 Å². The molecule has 2 aliphatic rings. The second kappa shape index (κ2) is 8.67. The average molecular weight is 483 g/mol. The van der Waals surface area contributed by atoms with E-state index >= 15 is 0 Å². The van der Waals surface area contributed by atoms with Crippen LogP contribution in [0.3, 0.4) is 0 Å². The molecule has 9 nitrogen and oxygen atoms in total. The first-order chi connectivity index (χ1) is 17.3. The molecule has 184 valence electrons. The maximum Gasteiger partial charge on any atom is 0.254 e. The Kier molecular flexibility index (Phi) is 5.44. The van der Waals surface area contributed by atoms with Gasteiger partial charge >= 0.3 is 0 Å². The molecule has 2 atom stereocenters. The molecule has 0 spiro atoms. The lowest BCUT2D eigenvalue weighted by Crippen LogP contribution is -2.37. The number of hydrogen-bond acceptors (Lipinski definition) is 7. The lowest BCUT2D eigenvalue weighted by atomic mass is 10.1. The fourth-order valence-electron chi connectivity index (χ4n) is 5.63. The molecule has 9 heteroatoms. The van der Waals surface area contributed by atoms with Crippen molar-refractivity contribution in [1.29, 1.82) is 0 Å². The van der Waals surface area contributed by atoms with Crippen LogP contribution in [0.5, 0.6) is 0 Å². The summed E-state index contributed by atoms with van der Waals surface area (Å²) in [5.74, 6) is 1.04. The van der Waals surface area contributed by atoms with Crippen LogP contribution in [0.1, 0.15) is 45.2 Å². The van der Waals surface area contributed by atoms with E-state index in [0.717, 1.165) is 47.7 Å². The van der Waals surface area contributed by atoms with Crippen molar-refractivity contribution < 1.29 is 4.79 Å². The summed E-state index contributed by atoms with van der Waals surface area (Å²) in [7, 11) is 0. The molecule has 2 aromatic carbocycles. The average Bonchev–Trinajstić information content (AvgIpc) is 3.54. The third-order valence-electron chi connectivity index (χ3n) is 7.38. The standard InChI is InChI=1S/C27H30N8O/c1-15-5-16(2)7-20(6-15)29-27-28-10-19-12-34(13-24(19)30-27)25-14-35(11-18(25)4)26(36)21-9-23-22(8-17(21)3)31-33-32-23/h5-10,18,25H,11-14H2,1-4H3,(H,28,29,30)(H,31,32,33). The molecule has 1 fully saturated rings. The van der Waals surface area contributed by atoms with Gasteiger partial charge < -0.3 is 10.2 Å². The highest BCUT2D eigenvalue weighted by atomic mass is 16.2. The molecule has 36 heavy (non-hydrogen) atoms. The summed E-state index contributed by atoms with van der Waals surface area (Å²) in [5, 5.41) is 14.3. The van der Waals surface area contributed by atoms with Crippen LogP contribution in [0.25, 0.3) is 11.0 Å². The number of likely N-dealkylation sites (tertiary alicyclic amines) is 1. The van der Waals surface area contributed by atoms with Crippen molar-refractivity contribution in [3.8, 4) is 0 Å². The summed E-state index contributed by atoms with van der Waals surface area (Å²) in [6.45, 7) is 11.4. The quantitative estimate of drug-likeness (QED) is 0.455. The van der Waals surface area contributed by atoms with Gasteiger partial charge in [0.15, 0.2) is 0 Å². The number of aromatic amines is 1. The third-order valence-corrected chi connectivity index (χ3v) is 7.38. The van der Waals surface area contributed by atoms with Crippen LogP contribution in [0.15, 0.2) is 36.5 Å². The zero-order valence-electron chi connectivity index (χ0n) is 21.0. The van der Waals surface area contributed by atoms with Gasteiger partial charge in [-0.3, -0.25) is 9.69 Å². The molecule has 4 aromatic rings. The highest BCUT2D eigenvalue weighted by Crippen LogP contribution is 2.31. The van der Waals surface area contributed by atoms with Crippen molar-refractivity contribution in [3.05, 3.63) is 70.0 Å². The van der Waals surface area contributed by atoms with Crippen LogP contribution in [0.2, 0.25) is 0 Å². The number of benzene rings is 2. The smallest absolute Gasteiger partial charge is 0.254 e. The Labute approximate surface area is 209 Å². The van der Waals surface area contributed by atoms with Crippen molar-refractivity contribution in [3.63, 3.8) is 0 Å². The zero-order valence-corrected chi connectivity index (χ0v) is 21.0. The molecule has 2 aliphatic heterocycles. The topological polar surface area (TPSA) is 103 Å². The number of fused-ring (bicyclic) bond motifs is 2. The number of carbonyl (C=O) groups excluding carboxylic acids is 1. The lowest BCUT2D eigenvalue weighted by molar-refractivity contribution is 0.0775. The van der Waals surface area contributed by atoms with Crippen LogP contribution in [-0.2, 0) is 13.1 Å². The Bertz CT molecular complexity index is 1460. The number of aromatic nitrogens is 5. The van der Waals surface area contributed by atoms with Gasteiger partial charge in [0.05, 0.1) is 5.69 Å². The molecule has 2 aromatic heterocycles. The SMILES string of the molecule is Cc1cc(C)cc(Nc2ncc3c(n2)CN(C2CN(C(=O)c4cc5n[nH]nc5cc4C)CC2C)C3)c1. The van der Waals surface area contributed by atoms with Crippen LogP contribution in [-0.4, -0.2) is 60.2 Å². The Morgan fingerprint density at radius 3 is 2.53 bits per heavy atom. The van der Waals surface area contributed by atoms with Crippen LogP contribution in [0, 0.1) is 26.7 Å². The number of nitrogens with one attached hydrogen (secondary N) is 2. The second-order valence-corrected chi connectivity index (χ2v) is 10.3. The van der Waals surface area contributed by atoms with Crippen LogP contribution in [0.4, 0.5) is 11.6 Å². The fourth-order valence-corrected chi connectivity index (χ4v) is 5.63. The molecule has 0 aliphatic carbocycles. The summed E-state index contributed by atoms with van der Waals surface area (Å²) >= 11 is 0. The predicted molar refractivity (Wildman–Crippen MR) is 138 cm³/mol. The van der Waals surface area contributed by atoms with Gasteiger partial charge in [-0.15, -0.1) is 0 Å². The Morgan fingerprint density at radius 2 is 1.75 bits per heavy atom. The first-order valence-corrected chi connectivity index (χ1v) is 12.4. The fraction of sp³-hybridized carbons (Fsp3) is 0.370. The van der Waals surface area contributed by atoms with E-state index in [0.29, 0.717) is 29.5 Å². The summed E-state index contributed by atoms with van der Waals surface area (Å²) in [6.07, 6.45) is 1.94. The Morgan fingerprint density at radius 1 is 1.00 bits per heavy atom. The van der Waals surface area contributed by atoms with E-state index in [-0.39, 0.29) is 11.9 Å². The number of carbonyl (C=O) groups is 1. The van der Waals surface area contributed by atoms with Crippen molar-refractivity contribution >= 4 is 28.6 Å². The number of aryl methyl sites for hydroxylation is 3.